The van der Waals surface area contributed by atoms with Crippen LogP contribution in [0.5, 0.6) is 103 Å². The van der Waals surface area contributed by atoms with Crippen molar-refractivity contribution < 1.29 is 120 Å². The number of hydrogen-bond donors (Lipinski definition) is 16. The average molecular weight is 959 g/mol. The number of phenols is 16. The number of fused-ring (bicyclic) bond motifs is 2. The molecular weight excluding hydrogens is 924 g/mol. The van der Waals surface area contributed by atoms with E-state index in [0.717, 1.165) is 24.3 Å². The number of carbonyl (C=O) groups is 3. The highest BCUT2D eigenvalue weighted by Crippen LogP contribution is 2.56. The Bertz CT molecular complexity index is 3120. The van der Waals surface area contributed by atoms with Gasteiger partial charge in [0.2, 0.25) is 11.5 Å². The predicted molar refractivity (Wildman–Crippen MR) is 223 cm³/mol. The van der Waals surface area contributed by atoms with E-state index in [-0.39, 0.29) is 16.9 Å². The molecule has 24 nitrogen and oxygen atoms in total. The number of esters is 3. The van der Waals surface area contributed by atoms with E-state index in [1.165, 1.54) is 0 Å². The van der Waals surface area contributed by atoms with Gasteiger partial charge in [0, 0.05) is 58.9 Å². The highest BCUT2D eigenvalue weighted by molar-refractivity contribution is 6.03. The summed E-state index contributed by atoms with van der Waals surface area (Å²) in [5.74, 6) is -21.2. The summed E-state index contributed by atoms with van der Waals surface area (Å²) in [6.45, 7) is 0. The van der Waals surface area contributed by atoms with E-state index in [0.29, 0.717) is 36.4 Å². The molecule has 2 aliphatic rings. The maximum absolute atomic E-state index is 14.5. The van der Waals surface area contributed by atoms with Crippen LogP contribution in [0.1, 0.15) is 53.9 Å². The van der Waals surface area contributed by atoms with Gasteiger partial charge in [0.15, 0.2) is 81.2 Å². The van der Waals surface area contributed by atoms with Crippen LogP contribution in [0, 0.1) is 0 Å². The summed E-state index contributed by atoms with van der Waals surface area (Å²) in [6, 6.07) is 7.74. The van der Waals surface area contributed by atoms with Crippen molar-refractivity contribution in [2.75, 3.05) is 0 Å². The van der Waals surface area contributed by atoms with Crippen molar-refractivity contribution in [1.82, 2.24) is 0 Å². The van der Waals surface area contributed by atoms with E-state index in [4.69, 9.17) is 23.7 Å². The number of ether oxygens (including phenoxy) is 5. The van der Waals surface area contributed by atoms with Gasteiger partial charge in [0.1, 0.15) is 29.1 Å². The number of carbonyl (C=O) groups excluding carboxylic acids is 3. The molecule has 0 saturated carbocycles. The highest BCUT2D eigenvalue weighted by atomic mass is 16.7. The second kappa shape index (κ2) is 16.8. The molecule has 6 aromatic carbocycles. The van der Waals surface area contributed by atoms with Gasteiger partial charge in [-0.1, -0.05) is 0 Å². The monoisotopic (exact) mass is 958 g/mol. The van der Waals surface area contributed by atoms with Crippen molar-refractivity contribution in [2.45, 2.75) is 37.4 Å². The highest BCUT2D eigenvalue weighted by Gasteiger charge is 2.43. The third-order valence-electron chi connectivity index (χ3n) is 10.9. The topological polar surface area (TPSA) is 421 Å². The fraction of sp³-hybridized carbons (Fsp3) is 0.133. The lowest BCUT2D eigenvalue weighted by molar-refractivity contribution is -0.127. The average Bonchev–Trinajstić information content (AvgIpc) is 3.28. The Morgan fingerprint density at radius 3 is 1.52 bits per heavy atom. The van der Waals surface area contributed by atoms with E-state index >= 15 is 0 Å². The van der Waals surface area contributed by atoms with Gasteiger partial charge in [-0.25, -0.2) is 14.4 Å². The first-order chi connectivity index (χ1) is 32.5. The lowest BCUT2D eigenvalue weighted by Crippen LogP contribution is -2.43. The molecule has 0 aliphatic carbocycles. The molecule has 8 rings (SSSR count). The number of aromatic hydroxyl groups is 16. The summed E-state index contributed by atoms with van der Waals surface area (Å²) in [6.07, 6.45) is -8.78. The second-order valence-corrected chi connectivity index (χ2v) is 15.4. The third kappa shape index (κ3) is 8.13. The number of phenolic OH excluding ortho intramolecular Hbond substituents is 16. The minimum absolute atomic E-state index is 0.0670. The van der Waals surface area contributed by atoms with Crippen LogP contribution in [0.4, 0.5) is 0 Å². The second-order valence-electron chi connectivity index (χ2n) is 15.4. The summed E-state index contributed by atoms with van der Waals surface area (Å²) in [5.41, 5.74) is -4.95. The molecule has 0 amide bonds. The molecule has 2 aliphatic heterocycles. The quantitative estimate of drug-likeness (QED) is 0.0584. The third-order valence-corrected chi connectivity index (χ3v) is 10.9. The first-order valence-electron chi connectivity index (χ1n) is 19.6. The molecule has 358 valence electrons. The predicted octanol–water partition coefficient (Wildman–Crippen LogP) is 3.89. The SMILES string of the molecule is O=C(OC1Cc2c(O)cc(O)cc2OC1c1cc(O)c(O)c(O)c1-c1c(C(=O)OC2Cc3cc(O)cc(O)c3OC2OC(=O)c2cc(O)c(O)c(O)c2)cc(O)c(O)c1O)c1cc(O)c(O)c(O)c1. The molecule has 0 bridgehead atoms. The summed E-state index contributed by atoms with van der Waals surface area (Å²) in [4.78, 5) is 41.5. The Kier molecular flexibility index (Phi) is 11.2. The smallest absolute Gasteiger partial charge is 0.341 e. The first-order valence-corrected chi connectivity index (χ1v) is 19.6. The number of benzene rings is 6. The zero-order valence-corrected chi connectivity index (χ0v) is 34.4. The normalized spacial score (nSPS) is 17.0. The molecule has 4 atom stereocenters. The Morgan fingerprint density at radius 2 is 0.928 bits per heavy atom. The van der Waals surface area contributed by atoms with Crippen molar-refractivity contribution >= 4 is 17.9 Å². The molecule has 0 saturated heterocycles. The van der Waals surface area contributed by atoms with Gasteiger partial charge < -0.3 is 105 Å². The Balaban J connectivity index is 1.25. The van der Waals surface area contributed by atoms with Crippen molar-refractivity contribution in [3.8, 4) is 115 Å². The molecule has 0 spiro atoms. The Hall–Kier alpha value is -9.87. The van der Waals surface area contributed by atoms with Gasteiger partial charge in [0.25, 0.3) is 6.29 Å². The van der Waals surface area contributed by atoms with Gasteiger partial charge in [0.05, 0.1) is 16.7 Å². The molecular formula is C45H34O24. The van der Waals surface area contributed by atoms with E-state index in [1.807, 2.05) is 0 Å². The van der Waals surface area contributed by atoms with Gasteiger partial charge in [-0.15, -0.1) is 0 Å². The van der Waals surface area contributed by atoms with Crippen LogP contribution < -0.4 is 9.47 Å². The number of rotatable bonds is 8. The van der Waals surface area contributed by atoms with Crippen LogP contribution in [-0.2, 0) is 27.1 Å². The molecule has 4 unspecified atom stereocenters. The maximum atomic E-state index is 14.5. The van der Waals surface area contributed by atoms with Crippen molar-refractivity contribution in [2.24, 2.45) is 0 Å². The molecule has 2 heterocycles. The van der Waals surface area contributed by atoms with Crippen molar-refractivity contribution in [3.05, 3.63) is 94.0 Å². The van der Waals surface area contributed by atoms with Crippen molar-refractivity contribution in [3.63, 3.8) is 0 Å². The lowest BCUT2D eigenvalue weighted by atomic mass is 9.86. The molecule has 24 heteroatoms. The molecule has 16 N–H and O–H groups in total. The lowest BCUT2D eigenvalue weighted by Gasteiger charge is -2.35. The van der Waals surface area contributed by atoms with Crippen LogP contribution in [0.3, 0.4) is 0 Å². The van der Waals surface area contributed by atoms with Crippen LogP contribution in [0.2, 0.25) is 0 Å². The fourth-order valence-electron chi connectivity index (χ4n) is 7.69. The van der Waals surface area contributed by atoms with Gasteiger partial charge >= 0.3 is 17.9 Å². The van der Waals surface area contributed by atoms with Gasteiger partial charge in [-0.2, -0.15) is 0 Å². The van der Waals surface area contributed by atoms with E-state index < -0.39 is 186 Å². The molecule has 0 fully saturated rings. The summed E-state index contributed by atoms with van der Waals surface area (Å²) in [5, 5.41) is 168. The zero-order valence-electron chi connectivity index (χ0n) is 34.4. The van der Waals surface area contributed by atoms with Gasteiger partial charge in [-0.3, -0.25) is 0 Å². The number of hydrogen-bond acceptors (Lipinski definition) is 24. The minimum Gasteiger partial charge on any atom is -0.508 e. The molecule has 69 heavy (non-hydrogen) atoms. The van der Waals surface area contributed by atoms with Crippen LogP contribution >= 0.6 is 0 Å². The first kappa shape index (κ1) is 45.7. The molecule has 0 radical (unpaired) electrons. The standard InChI is InChI=1S/C45H34O24/c46-16-1-13-6-31(45(68-40(13)28(55)8-16)69-43(63)15-4-24(51)35(57)25(52)5-15)67-44(64)20-11-27(54)37(59)39(61)33(20)32-19(10-26(53)36(58)38(32)60)41-30(12-18-21(48)7-17(47)9-29(18)65-41)66-42(62)14-2-22(49)34(56)23(50)3-14/h1-5,7-11,30-31,41,45-61H,6,12H2. The van der Waals surface area contributed by atoms with Gasteiger partial charge in [-0.05, 0) is 42.5 Å². The molecule has 6 aromatic rings. The Labute approximate surface area is 383 Å². The fourth-order valence-corrected chi connectivity index (χ4v) is 7.69. The maximum Gasteiger partial charge on any atom is 0.341 e. The Morgan fingerprint density at radius 1 is 0.435 bits per heavy atom. The largest absolute Gasteiger partial charge is 0.508 e. The van der Waals surface area contributed by atoms with Crippen molar-refractivity contribution in [1.29, 1.82) is 0 Å². The molecule has 0 aromatic heterocycles. The summed E-state index contributed by atoms with van der Waals surface area (Å²) >= 11 is 0. The van der Waals surface area contributed by atoms with Crippen LogP contribution in [0.15, 0.2) is 60.7 Å². The van der Waals surface area contributed by atoms with E-state index in [1.54, 1.807) is 0 Å². The van der Waals surface area contributed by atoms with E-state index in [9.17, 15) is 96.1 Å². The zero-order chi connectivity index (χ0) is 50.1. The van der Waals surface area contributed by atoms with Crippen LogP contribution in [-0.4, -0.2) is 118 Å². The van der Waals surface area contributed by atoms with E-state index in [2.05, 4.69) is 0 Å². The van der Waals surface area contributed by atoms with Crippen LogP contribution in [0.25, 0.3) is 11.1 Å². The summed E-state index contributed by atoms with van der Waals surface area (Å²) in [7, 11) is 0. The minimum atomic E-state index is -2.08. The summed E-state index contributed by atoms with van der Waals surface area (Å²) < 4.78 is 28.5.